The van der Waals surface area contributed by atoms with Gasteiger partial charge in [0.1, 0.15) is 11.9 Å². The maximum Gasteiger partial charge on any atom is 0.243 e. The number of para-hydroxylation sites is 1. The summed E-state index contributed by atoms with van der Waals surface area (Å²) in [6, 6.07) is 11.5. The molecule has 1 saturated heterocycles. The molecular weight excluding hydrogens is 343 g/mol. The van der Waals surface area contributed by atoms with E-state index in [1.54, 1.807) is 18.2 Å². The summed E-state index contributed by atoms with van der Waals surface area (Å²) >= 11 is 0. The van der Waals surface area contributed by atoms with Crippen LogP contribution in [0.4, 0.5) is 10.1 Å². The van der Waals surface area contributed by atoms with Crippen LogP contribution in [0.2, 0.25) is 0 Å². The predicted octanol–water partition coefficient (Wildman–Crippen LogP) is 2.93. The van der Waals surface area contributed by atoms with Crippen molar-refractivity contribution in [3.63, 3.8) is 0 Å². The summed E-state index contributed by atoms with van der Waals surface area (Å²) in [7, 11) is -3.77. The molecule has 2 aromatic rings. The van der Waals surface area contributed by atoms with E-state index >= 15 is 0 Å². The number of hydrogen-bond acceptors (Lipinski definition) is 3. The summed E-state index contributed by atoms with van der Waals surface area (Å²) in [5.41, 5.74) is 1.00. The predicted molar refractivity (Wildman–Crippen MR) is 93.1 cm³/mol. The van der Waals surface area contributed by atoms with Crippen molar-refractivity contribution in [2.24, 2.45) is 0 Å². The molecule has 1 atom stereocenters. The first-order valence-corrected chi connectivity index (χ1v) is 9.47. The minimum absolute atomic E-state index is 0.0482. The Bertz CT molecular complexity index is 881. The van der Waals surface area contributed by atoms with Gasteiger partial charge in [-0.3, -0.25) is 4.79 Å². The molecule has 1 heterocycles. The largest absolute Gasteiger partial charge is 0.322 e. The Morgan fingerprint density at radius 3 is 2.52 bits per heavy atom. The molecule has 0 radical (unpaired) electrons. The lowest BCUT2D eigenvalue weighted by atomic mass is 10.2. The summed E-state index contributed by atoms with van der Waals surface area (Å²) in [4.78, 5) is 12.7. The molecule has 1 aliphatic rings. The lowest BCUT2D eigenvalue weighted by molar-refractivity contribution is -0.119. The standard InChI is InChI=1S/C18H19FN2O3S/c1-13-8-10-14(11-9-13)25(23,24)21-12-4-7-17(21)18(22)20-16-6-3-2-5-15(16)19/h2-3,5-6,8-11,17H,4,7,12H2,1H3,(H,20,22). The van der Waals surface area contributed by atoms with Crippen LogP contribution in [0.25, 0.3) is 0 Å². The zero-order chi connectivity index (χ0) is 18.0. The van der Waals surface area contributed by atoms with E-state index in [4.69, 9.17) is 0 Å². The van der Waals surface area contributed by atoms with E-state index in [0.717, 1.165) is 5.56 Å². The Kier molecular flexibility index (Phi) is 4.87. The van der Waals surface area contributed by atoms with Crippen molar-refractivity contribution in [3.05, 3.63) is 59.9 Å². The fourth-order valence-corrected chi connectivity index (χ4v) is 4.57. The van der Waals surface area contributed by atoms with Gasteiger partial charge in [0.25, 0.3) is 0 Å². The van der Waals surface area contributed by atoms with Crippen LogP contribution in [0, 0.1) is 12.7 Å². The van der Waals surface area contributed by atoms with Crippen LogP contribution < -0.4 is 5.32 Å². The monoisotopic (exact) mass is 362 g/mol. The first kappa shape index (κ1) is 17.6. The van der Waals surface area contributed by atoms with Gasteiger partial charge in [0.05, 0.1) is 10.6 Å². The van der Waals surface area contributed by atoms with E-state index in [1.807, 2.05) is 6.92 Å². The lowest BCUT2D eigenvalue weighted by Gasteiger charge is -2.23. The molecule has 0 bridgehead atoms. The molecule has 1 unspecified atom stereocenters. The van der Waals surface area contributed by atoms with Crippen molar-refractivity contribution in [3.8, 4) is 0 Å². The first-order valence-electron chi connectivity index (χ1n) is 8.03. The van der Waals surface area contributed by atoms with E-state index in [2.05, 4.69) is 5.32 Å². The molecule has 1 N–H and O–H groups in total. The van der Waals surface area contributed by atoms with Crippen molar-refractivity contribution in [2.45, 2.75) is 30.7 Å². The highest BCUT2D eigenvalue weighted by Crippen LogP contribution is 2.27. The van der Waals surface area contributed by atoms with Crippen molar-refractivity contribution >= 4 is 21.6 Å². The third kappa shape index (κ3) is 3.57. The number of aryl methyl sites for hydroxylation is 1. The Morgan fingerprint density at radius 2 is 1.84 bits per heavy atom. The van der Waals surface area contributed by atoms with Gasteiger partial charge < -0.3 is 5.32 Å². The van der Waals surface area contributed by atoms with Crippen molar-refractivity contribution in [2.75, 3.05) is 11.9 Å². The second-order valence-electron chi connectivity index (χ2n) is 6.06. The normalized spacial score (nSPS) is 18.2. The molecule has 0 aromatic heterocycles. The molecule has 1 amide bonds. The molecule has 7 heteroatoms. The summed E-state index contributed by atoms with van der Waals surface area (Å²) in [6.45, 7) is 2.14. The van der Waals surface area contributed by atoms with Gasteiger partial charge in [0.15, 0.2) is 0 Å². The average Bonchev–Trinajstić information content (AvgIpc) is 3.08. The quantitative estimate of drug-likeness (QED) is 0.909. The zero-order valence-corrected chi connectivity index (χ0v) is 14.6. The second-order valence-corrected chi connectivity index (χ2v) is 7.95. The van der Waals surface area contributed by atoms with E-state index < -0.39 is 27.8 Å². The lowest BCUT2D eigenvalue weighted by Crippen LogP contribution is -2.43. The number of rotatable bonds is 4. The number of nitrogens with one attached hydrogen (secondary N) is 1. The van der Waals surface area contributed by atoms with E-state index in [1.165, 1.54) is 34.6 Å². The molecule has 1 aliphatic heterocycles. The highest BCUT2D eigenvalue weighted by atomic mass is 32.2. The minimum Gasteiger partial charge on any atom is -0.322 e. The number of sulfonamides is 1. The van der Waals surface area contributed by atoms with Gasteiger partial charge in [0, 0.05) is 6.54 Å². The first-order chi connectivity index (χ1) is 11.9. The van der Waals surface area contributed by atoms with Crippen LogP contribution in [-0.2, 0) is 14.8 Å². The minimum atomic E-state index is -3.77. The number of amides is 1. The van der Waals surface area contributed by atoms with Crippen LogP contribution in [0.1, 0.15) is 18.4 Å². The fraction of sp³-hybridized carbons (Fsp3) is 0.278. The molecule has 3 rings (SSSR count). The van der Waals surface area contributed by atoms with Crippen molar-refractivity contribution in [1.29, 1.82) is 0 Å². The fourth-order valence-electron chi connectivity index (χ4n) is 2.91. The summed E-state index contributed by atoms with van der Waals surface area (Å²) in [6.07, 6.45) is 0.992. The average molecular weight is 362 g/mol. The van der Waals surface area contributed by atoms with Crippen LogP contribution in [-0.4, -0.2) is 31.2 Å². The molecule has 5 nitrogen and oxygen atoms in total. The number of halogens is 1. The van der Waals surface area contributed by atoms with Gasteiger partial charge in [-0.2, -0.15) is 4.31 Å². The SMILES string of the molecule is Cc1ccc(S(=O)(=O)N2CCCC2C(=O)Nc2ccccc2F)cc1. The van der Waals surface area contributed by atoms with Gasteiger partial charge in [-0.15, -0.1) is 0 Å². The second kappa shape index (κ2) is 6.93. The molecule has 0 spiro atoms. The molecular formula is C18H19FN2O3S. The number of anilines is 1. The Morgan fingerprint density at radius 1 is 1.16 bits per heavy atom. The van der Waals surface area contributed by atoms with Gasteiger partial charge in [-0.05, 0) is 44.0 Å². The number of hydrogen-bond donors (Lipinski definition) is 1. The number of carbonyl (C=O) groups excluding carboxylic acids is 1. The Balaban J connectivity index is 1.83. The Labute approximate surface area is 146 Å². The summed E-state index contributed by atoms with van der Waals surface area (Å²) in [5.74, 6) is -1.07. The molecule has 1 fully saturated rings. The van der Waals surface area contributed by atoms with E-state index in [0.29, 0.717) is 12.8 Å². The highest BCUT2D eigenvalue weighted by molar-refractivity contribution is 7.89. The number of nitrogens with zero attached hydrogens (tertiary/aromatic N) is 1. The van der Waals surface area contributed by atoms with Crippen LogP contribution in [0.3, 0.4) is 0 Å². The van der Waals surface area contributed by atoms with E-state index in [-0.39, 0.29) is 17.1 Å². The van der Waals surface area contributed by atoms with Crippen LogP contribution in [0.15, 0.2) is 53.4 Å². The third-order valence-electron chi connectivity index (χ3n) is 4.27. The summed E-state index contributed by atoms with van der Waals surface area (Å²) in [5, 5.41) is 2.49. The van der Waals surface area contributed by atoms with Gasteiger partial charge in [-0.1, -0.05) is 29.8 Å². The van der Waals surface area contributed by atoms with Gasteiger partial charge in [-0.25, -0.2) is 12.8 Å². The molecule has 25 heavy (non-hydrogen) atoms. The third-order valence-corrected chi connectivity index (χ3v) is 6.19. The maximum absolute atomic E-state index is 13.7. The molecule has 2 aromatic carbocycles. The molecule has 0 aliphatic carbocycles. The van der Waals surface area contributed by atoms with Crippen LogP contribution >= 0.6 is 0 Å². The topological polar surface area (TPSA) is 66.5 Å². The number of carbonyl (C=O) groups is 1. The number of benzene rings is 2. The van der Waals surface area contributed by atoms with Gasteiger partial charge >= 0.3 is 0 Å². The van der Waals surface area contributed by atoms with Crippen LogP contribution in [0.5, 0.6) is 0 Å². The van der Waals surface area contributed by atoms with Crippen molar-refractivity contribution in [1.82, 2.24) is 4.31 Å². The van der Waals surface area contributed by atoms with Crippen molar-refractivity contribution < 1.29 is 17.6 Å². The molecule has 132 valence electrons. The zero-order valence-electron chi connectivity index (χ0n) is 13.8. The van der Waals surface area contributed by atoms with E-state index in [9.17, 15) is 17.6 Å². The smallest absolute Gasteiger partial charge is 0.243 e. The molecule has 0 saturated carbocycles. The Hall–Kier alpha value is -2.25. The highest BCUT2D eigenvalue weighted by Gasteiger charge is 2.39. The maximum atomic E-state index is 13.7. The summed E-state index contributed by atoms with van der Waals surface area (Å²) < 4.78 is 40.6. The van der Waals surface area contributed by atoms with Gasteiger partial charge in [0.2, 0.25) is 15.9 Å².